The van der Waals surface area contributed by atoms with Crippen molar-refractivity contribution in [2.24, 2.45) is 0 Å². The van der Waals surface area contributed by atoms with Crippen molar-refractivity contribution in [3.63, 3.8) is 0 Å². The van der Waals surface area contributed by atoms with Crippen LogP contribution in [0, 0.1) is 0 Å². The maximum absolute atomic E-state index is 8.46. The molecule has 0 saturated carbocycles. The molecule has 1 radical (unpaired) electrons. The molecular formula is AgO2Ru. The second-order valence-corrected chi connectivity index (χ2v) is 0.349. The van der Waals surface area contributed by atoms with Crippen LogP contribution in [0.1, 0.15) is 0 Å². The molecule has 0 fully saturated rings. The van der Waals surface area contributed by atoms with Crippen molar-refractivity contribution in [1.82, 2.24) is 0 Å². The Bertz CT molecular complexity index is 27.0. The van der Waals surface area contributed by atoms with Crippen LogP contribution in [0.15, 0.2) is 0 Å². The van der Waals surface area contributed by atoms with E-state index in [1.54, 1.807) is 0 Å². The molecule has 2 nitrogen and oxygen atoms in total. The van der Waals surface area contributed by atoms with Crippen molar-refractivity contribution in [3.8, 4) is 0 Å². The first-order chi connectivity index (χ1) is 1.41. The molecule has 0 aromatic rings. The molecule has 0 aromatic heterocycles. The minimum absolute atomic E-state index is 0. The summed E-state index contributed by atoms with van der Waals surface area (Å²) >= 11 is -1.79. The summed E-state index contributed by atoms with van der Waals surface area (Å²) in [6.45, 7) is 0. The van der Waals surface area contributed by atoms with E-state index in [9.17, 15) is 0 Å². The average molecular weight is 241 g/mol. The van der Waals surface area contributed by atoms with Gasteiger partial charge in [-0.1, -0.05) is 0 Å². The molecule has 0 aliphatic heterocycles. The summed E-state index contributed by atoms with van der Waals surface area (Å²) in [7, 11) is 0. The van der Waals surface area contributed by atoms with Crippen LogP contribution in [-0.4, -0.2) is 0 Å². The van der Waals surface area contributed by atoms with Crippen LogP contribution in [0.4, 0.5) is 0 Å². The Balaban J connectivity index is 0. The van der Waals surface area contributed by atoms with Gasteiger partial charge >= 0.3 is 24.2 Å². The summed E-state index contributed by atoms with van der Waals surface area (Å²) in [6, 6.07) is 0. The summed E-state index contributed by atoms with van der Waals surface area (Å²) in [6.07, 6.45) is 0. The topological polar surface area (TPSA) is 34.1 Å². The van der Waals surface area contributed by atoms with Crippen molar-refractivity contribution >= 4 is 0 Å². The average Bonchev–Trinajstić information content (AvgIpc) is 0.918. The molecular weight excluding hydrogens is 241 g/mol. The molecule has 0 rings (SSSR count). The zero-order chi connectivity index (χ0) is 2.71. The summed E-state index contributed by atoms with van der Waals surface area (Å²) in [5, 5.41) is 0. The number of rotatable bonds is 0. The molecule has 4 heteroatoms. The molecule has 0 spiro atoms. The normalized spacial score (nSPS) is 4.00. The molecule has 0 heterocycles. The van der Waals surface area contributed by atoms with Crippen molar-refractivity contribution in [2.75, 3.05) is 0 Å². The van der Waals surface area contributed by atoms with E-state index in [2.05, 4.69) is 0 Å². The van der Waals surface area contributed by atoms with Crippen molar-refractivity contribution in [2.45, 2.75) is 0 Å². The Morgan fingerprint density at radius 2 is 1.25 bits per heavy atom. The molecule has 0 bridgehead atoms. The number of hydrogen-bond donors (Lipinski definition) is 0. The molecule has 0 saturated heterocycles. The summed E-state index contributed by atoms with van der Waals surface area (Å²) in [5.41, 5.74) is 0. The van der Waals surface area contributed by atoms with Gasteiger partial charge in [0.2, 0.25) is 0 Å². The Morgan fingerprint density at radius 3 is 1.25 bits per heavy atom. The first-order valence-corrected chi connectivity index (χ1v) is 1.71. The molecule has 0 aliphatic carbocycles. The van der Waals surface area contributed by atoms with E-state index in [0.717, 1.165) is 0 Å². The monoisotopic (exact) mass is 241 g/mol. The third-order valence-corrected chi connectivity index (χ3v) is 0. The van der Waals surface area contributed by atoms with Gasteiger partial charge in [0.05, 0.1) is 0 Å². The van der Waals surface area contributed by atoms with Gasteiger partial charge in [-0.2, -0.15) is 0 Å². The van der Waals surface area contributed by atoms with Crippen LogP contribution in [0.3, 0.4) is 0 Å². The van der Waals surface area contributed by atoms with Crippen LogP contribution in [-0.2, 0) is 46.6 Å². The fourth-order valence-electron chi connectivity index (χ4n) is 0. The Labute approximate surface area is 46.6 Å². The molecule has 0 aliphatic rings. The van der Waals surface area contributed by atoms with Gasteiger partial charge in [-0.3, -0.25) is 0 Å². The standard InChI is InChI=1S/Ag.2O.Ru. The van der Waals surface area contributed by atoms with Crippen molar-refractivity contribution in [1.29, 1.82) is 0 Å². The maximum atomic E-state index is 8.46. The van der Waals surface area contributed by atoms with Gasteiger partial charge in [-0.15, -0.1) is 0 Å². The molecule has 4 heavy (non-hydrogen) atoms. The first-order valence-electron chi connectivity index (χ1n) is 0.289. The van der Waals surface area contributed by atoms with Crippen molar-refractivity contribution in [3.05, 3.63) is 0 Å². The Hall–Kier alpha value is 0.964. The summed E-state index contributed by atoms with van der Waals surface area (Å²) < 4.78 is 16.9. The predicted molar refractivity (Wildman–Crippen MR) is 1.37 cm³/mol. The van der Waals surface area contributed by atoms with Crippen LogP contribution in [0.25, 0.3) is 0 Å². The Morgan fingerprint density at radius 1 is 1.25 bits per heavy atom. The van der Waals surface area contributed by atoms with Gasteiger partial charge in [0.25, 0.3) is 0 Å². The second-order valence-electron chi connectivity index (χ2n) is 0.0589. The predicted octanol–water partition coefficient (Wildman–Crippen LogP) is -0.243. The van der Waals surface area contributed by atoms with Crippen LogP contribution in [0.5, 0.6) is 0 Å². The molecule has 31 valence electrons. The third kappa shape index (κ3) is 12.3. The van der Waals surface area contributed by atoms with E-state index in [-0.39, 0.29) is 22.4 Å². The molecule has 0 N–H and O–H groups in total. The van der Waals surface area contributed by atoms with Gasteiger partial charge in [0, 0.05) is 22.4 Å². The summed E-state index contributed by atoms with van der Waals surface area (Å²) in [5.74, 6) is 0. The third-order valence-electron chi connectivity index (χ3n) is 0. The van der Waals surface area contributed by atoms with E-state index >= 15 is 0 Å². The van der Waals surface area contributed by atoms with Crippen LogP contribution in [0.2, 0.25) is 0 Å². The molecule has 0 atom stereocenters. The van der Waals surface area contributed by atoms with Crippen LogP contribution >= 0.6 is 0 Å². The van der Waals surface area contributed by atoms with E-state index < -0.39 is 17.0 Å². The van der Waals surface area contributed by atoms with E-state index in [4.69, 9.17) is 7.15 Å². The quantitative estimate of drug-likeness (QED) is 0.548. The van der Waals surface area contributed by atoms with E-state index in [1.807, 2.05) is 0 Å². The van der Waals surface area contributed by atoms with Gasteiger partial charge in [-0.05, 0) is 0 Å². The summed E-state index contributed by atoms with van der Waals surface area (Å²) in [4.78, 5) is 0. The van der Waals surface area contributed by atoms with Crippen molar-refractivity contribution < 1.29 is 46.6 Å². The fraction of sp³-hybridized carbons (Fsp3) is 0. The van der Waals surface area contributed by atoms with Crippen LogP contribution < -0.4 is 0 Å². The minimum atomic E-state index is -1.79. The van der Waals surface area contributed by atoms with Gasteiger partial charge in [-0.25, -0.2) is 0 Å². The van der Waals surface area contributed by atoms with Gasteiger partial charge in [0.1, 0.15) is 0 Å². The Kier molecular flexibility index (Phi) is 20.0. The van der Waals surface area contributed by atoms with Gasteiger partial charge < -0.3 is 0 Å². The molecule has 0 aromatic carbocycles. The zero-order valence-electron chi connectivity index (χ0n) is 1.47. The van der Waals surface area contributed by atoms with Gasteiger partial charge in [0.15, 0.2) is 0 Å². The molecule has 0 amide bonds. The van der Waals surface area contributed by atoms with E-state index in [0.29, 0.717) is 0 Å². The fourth-order valence-corrected chi connectivity index (χ4v) is 0. The van der Waals surface area contributed by atoms with E-state index in [1.165, 1.54) is 0 Å². The number of hydrogen-bond acceptors (Lipinski definition) is 2. The SMILES string of the molecule is [Ag].[O]=[Ru]=[O]. The zero-order valence-corrected chi connectivity index (χ0v) is 4.69. The first kappa shape index (κ1) is 8.88. The second kappa shape index (κ2) is 9.03. The molecule has 0 unspecified atom stereocenters.